The van der Waals surface area contributed by atoms with Crippen molar-refractivity contribution in [1.82, 2.24) is 4.72 Å². The van der Waals surface area contributed by atoms with Gasteiger partial charge in [-0.05, 0) is 17.2 Å². The first-order valence-electron chi connectivity index (χ1n) is 4.81. The number of benzene rings is 1. The molecule has 5 nitrogen and oxygen atoms in total. The maximum Gasteiger partial charge on any atom is 0.328 e. The first-order valence-corrected chi connectivity index (χ1v) is 6.70. The predicted molar refractivity (Wildman–Crippen MR) is 64.8 cm³/mol. The molecule has 17 heavy (non-hydrogen) atoms. The Bertz CT molecular complexity index is 534. The minimum Gasteiger partial charge on any atom is -0.478 e. The van der Waals surface area contributed by atoms with Crippen molar-refractivity contribution in [3.63, 3.8) is 0 Å². The van der Waals surface area contributed by atoms with E-state index in [0.29, 0.717) is 5.56 Å². The van der Waals surface area contributed by atoms with Crippen LogP contribution in [0.5, 0.6) is 0 Å². The lowest BCUT2D eigenvalue weighted by molar-refractivity contribution is -0.131. The topological polar surface area (TPSA) is 83.5 Å². The third-order valence-electron chi connectivity index (χ3n) is 1.91. The zero-order valence-corrected chi connectivity index (χ0v) is 10.1. The summed E-state index contributed by atoms with van der Waals surface area (Å²) in [6.45, 7) is 0.188. The van der Waals surface area contributed by atoms with Crippen molar-refractivity contribution < 1.29 is 18.3 Å². The molecule has 0 aliphatic rings. The number of nitrogens with one attached hydrogen (secondary N) is 1. The molecule has 0 aromatic heterocycles. The van der Waals surface area contributed by atoms with Crippen molar-refractivity contribution in [2.45, 2.75) is 6.54 Å². The number of aliphatic carboxylic acids is 1. The largest absolute Gasteiger partial charge is 0.478 e. The Balaban J connectivity index is 2.76. The summed E-state index contributed by atoms with van der Waals surface area (Å²) in [7, 11) is -3.22. The second-order valence-corrected chi connectivity index (χ2v) is 5.34. The lowest BCUT2D eigenvalue weighted by Crippen LogP contribution is -2.21. The van der Waals surface area contributed by atoms with Crippen molar-refractivity contribution in [2.75, 3.05) is 6.26 Å². The molecule has 0 saturated carbocycles. The molecule has 0 unspecified atom stereocenters. The normalized spacial score (nSPS) is 11.8. The molecule has 2 N–H and O–H groups in total. The average molecular weight is 255 g/mol. The van der Waals surface area contributed by atoms with E-state index in [1.165, 1.54) is 6.08 Å². The van der Waals surface area contributed by atoms with Crippen molar-refractivity contribution >= 4 is 22.1 Å². The summed E-state index contributed by atoms with van der Waals surface area (Å²) in [5.74, 6) is -1.02. The van der Waals surface area contributed by atoms with Gasteiger partial charge in [-0.2, -0.15) is 0 Å². The van der Waals surface area contributed by atoms with Crippen LogP contribution in [0.4, 0.5) is 0 Å². The quantitative estimate of drug-likeness (QED) is 0.763. The van der Waals surface area contributed by atoms with Gasteiger partial charge in [-0.1, -0.05) is 24.3 Å². The molecule has 1 rings (SSSR count). The SMILES string of the molecule is CS(=O)(=O)NCc1cccc(/C=C/C(=O)O)c1. The molecule has 0 bridgehead atoms. The predicted octanol–water partition coefficient (Wildman–Crippen LogP) is 0.834. The molecule has 0 spiro atoms. The summed E-state index contributed by atoms with van der Waals surface area (Å²) in [6, 6.07) is 6.96. The van der Waals surface area contributed by atoms with Crippen LogP contribution < -0.4 is 4.72 Å². The molecular formula is C11H13NO4S. The van der Waals surface area contributed by atoms with Crippen LogP contribution in [0.3, 0.4) is 0 Å². The molecule has 0 amide bonds. The van der Waals surface area contributed by atoms with Gasteiger partial charge in [0.25, 0.3) is 0 Å². The molecule has 0 fully saturated rings. The zero-order chi connectivity index (χ0) is 12.9. The highest BCUT2D eigenvalue weighted by Crippen LogP contribution is 2.07. The Hall–Kier alpha value is -1.66. The van der Waals surface area contributed by atoms with Crippen LogP contribution in [-0.4, -0.2) is 25.7 Å². The Morgan fingerprint density at radius 2 is 2.18 bits per heavy atom. The number of sulfonamides is 1. The van der Waals surface area contributed by atoms with E-state index in [1.807, 2.05) is 0 Å². The van der Waals surface area contributed by atoms with Crippen LogP contribution in [0.2, 0.25) is 0 Å². The number of rotatable bonds is 5. The standard InChI is InChI=1S/C11H13NO4S/c1-17(15,16)12-8-10-4-2-3-9(7-10)5-6-11(13)14/h2-7,12H,8H2,1H3,(H,13,14)/b6-5+. The van der Waals surface area contributed by atoms with Crippen molar-refractivity contribution in [1.29, 1.82) is 0 Å². The van der Waals surface area contributed by atoms with Crippen molar-refractivity contribution in [3.8, 4) is 0 Å². The van der Waals surface area contributed by atoms with Gasteiger partial charge in [-0.3, -0.25) is 0 Å². The molecule has 0 saturated heterocycles. The summed E-state index contributed by atoms with van der Waals surface area (Å²) in [5, 5.41) is 8.48. The molecule has 1 aromatic rings. The molecular weight excluding hydrogens is 242 g/mol. The first-order chi connectivity index (χ1) is 7.87. The molecule has 0 aliphatic heterocycles. The summed E-state index contributed by atoms with van der Waals surface area (Å²) < 4.78 is 24.2. The van der Waals surface area contributed by atoms with Gasteiger partial charge < -0.3 is 5.11 Å². The highest BCUT2D eigenvalue weighted by atomic mass is 32.2. The van der Waals surface area contributed by atoms with Gasteiger partial charge in [0, 0.05) is 12.6 Å². The van der Waals surface area contributed by atoms with Crippen LogP contribution in [0.25, 0.3) is 6.08 Å². The van der Waals surface area contributed by atoms with Gasteiger partial charge in [-0.15, -0.1) is 0 Å². The van der Waals surface area contributed by atoms with Gasteiger partial charge in [0.15, 0.2) is 0 Å². The number of carbonyl (C=O) groups is 1. The van der Waals surface area contributed by atoms with Crippen LogP contribution in [0.15, 0.2) is 30.3 Å². The fourth-order valence-corrected chi connectivity index (χ4v) is 1.62. The number of hydrogen-bond donors (Lipinski definition) is 2. The molecule has 0 radical (unpaired) electrons. The molecule has 0 aliphatic carbocycles. The van der Waals surface area contributed by atoms with E-state index < -0.39 is 16.0 Å². The highest BCUT2D eigenvalue weighted by molar-refractivity contribution is 7.88. The van der Waals surface area contributed by atoms with Crippen LogP contribution in [0.1, 0.15) is 11.1 Å². The van der Waals surface area contributed by atoms with E-state index in [1.54, 1.807) is 24.3 Å². The summed E-state index contributed by atoms with van der Waals surface area (Å²) in [5.41, 5.74) is 1.48. The van der Waals surface area contributed by atoms with Crippen molar-refractivity contribution in [2.24, 2.45) is 0 Å². The second-order valence-electron chi connectivity index (χ2n) is 3.51. The second kappa shape index (κ2) is 5.60. The van der Waals surface area contributed by atoms with E-state index in [2.05, 4.69) is 4.72 Å². The molecule has 0 heterocycles. The molecule has 92 valence electrons. The zero-order valence-electron chi connectivity index (χ0n) is 9.25. The number of hydrogen-bond acceptors (Lipinski definition) is 3. The number of carboxylic acid groups (broad SMARTS) is 1. The van der Waals surface area contributed by atoms with E-state index in [-0.39, 0.29) is 6.54 Å². The van der Waals surface area contributed by atoms with E-state index in [0.717, 1.165) is 17.9 Å². The fourth-order valence-electron chi connectivity index (χ4n) is 1.19. The van der Waals surface area contributed by atoms with Crippen LogP contribution in [0, 0.1) is 0 Å². The van der Waals surface area contributed by atoms with Gasteiger partial charge in [0.1, 0.15) is 0 Å². The molecule has 6 heteroatoms. The van der Waals surface area contributed by atoms with E-state index in [9.17, 15) is 13.2 Å². The van der Waals surface area contributed by atoms with Gasteiger partial charge in [-0.25, -0.2) is 17.9 Å². The van der Waals surface area contributed by atoms with E-state index in [4.69, 9.17) is 5.11 Å². The smallest absolute Gasteiger partial charge is 0.328 e. The van der Waals surface area contributed by atoms with Crippen molar-refractivity contribution in [3.05, 3.63) is 41.5 Å². The summed E-state index contributed by atoms with van der Waals surface area (Å²) >= 11 is 0. The third-order valence-corrected chi connectivity index (χ3v) is 2.58. The van der Waals surface area contributed by atoms with Gasteiger partial charge in [0.05, 0.1) is 6.26 Å². The maximum atomic E-state index is 10.9. The van der Waals surface area contributed by atoms with E-state index >= 15 is 0 Å². The monoisotopic (exact) mass is 255 g/mol. The summed E-state index contributed by atoms with van der Waals surface area (Å²) in [4.78, 5) is 10.3. The lowest BCUT2D eigenvalue weighted by atomic mass is 10.1. The minimum absolute atomic E-state index is 0.188. The van der Waals surface area contributed by atoms with Gasteiger partial charge in [0.2, 0.25) is 10.0 Å². The van der Waals surface area contributed by atoms with Gasteiger partial charge >= 0.3 is 5.97 Å². The lowest BCUT2D eigenvalue weighted by Gasteiger charge is -2.03. The minimum atomic E-state index is -3.22. The number of carboxylic acids is 1. The highest BCUT2D eigenvalue weighted by Gasteiger charge is 2.01. The Labute approximate surface area is 99.8 Å². The van der Waals surface area contributed by atoms with Crippen LogP contribution in [-0.2, 0) is 21.4 Å². The average Bonchev–Trinajstić information content (AvgIpc) is 2.23. The fraction of sp³-hybridized carbons (Fsp3) is 0.182. The molecule has 0 atom stereocenters. The Morgan fingerprint density at radius 1 is 1.47 bits per heavy atom. The maximum absolute atomic E-state index is 10.9. The van der Waals surface area contributed by atoms with Crippen LogP contribution >= 0.6 is 0 Å². The first kappa shape index (κ1) is 13.4. The third kappa shape index (κ3) is 5.84. The Morgan fingerprint density at radius 3 is 2.76 bits per heavy atom. The molecule has 1 aromatic carbocycles. The Kier molecular flexibility index (Phi) is 4.42. The summed E-state index contributed by atoms with van der Waals surface area (Å²) in [6.07, 6.45) is 3.57.